The number of carbonyl (C=O) groups is 1. The van der Waals surface area contributed by atoms with Crippen molar-refractivity contribution in [3.63, 3.8) is 0 Å². The topological polar surface area (TPSA) is 53.8 Å². The third-order valence-corrected chi connectivity index (χ3v) is 4.94. The maximum absolute atomic E-state index is 13.0. The molecule has 3 rings (SSSR count). The SMILES string of the molecule is C/C(=N\N=C1/NC(=O)C(Cc2ccc(F)cc2)S1)c1ccc(C)cc1. The highest BCUT2D eigenvalue weighted by Gasteiger charge is 2.30. The zero-order valence-corrected chi connectivity index (χ0v) is 14.8. The lowest BCUT2D eigenvalue weighted by molar-refractivity contribution is -0.118. The van der Waals surface area contributed by atoms with Gasteiger partial charge < -0.3 is 5.32 Å². The average molecular weight is 355 g/mol. The molecular weight excluding hydrogens is 337 g/mol. The Kier molecular flexibility index (Phi) is 5.28. The van der Waals surface area contributed by atoms with Crippen LogP contribution in [0.3, 0.4) is 0 Å². The summed E-state index contributed by atoms with van der Waals surface area (Å²) < 4.78 is 13.0. The molecule has 2 aromatic rings. The smallest absolute Gasteiger partial charge is 0.239 e. The lowest BCUT2D eigenvalue weighted by Gasteiger charge is -2.04. The molecule has 4 nitrogen and oxygen atoms in total. The van der Waals surface area contributed by atoms with Gasteiger partial charge in [-0.15, -0.1) is 5.10 Å². The predicted octanol–water partition coefficient (Wildman–Crippen LogP) is 3.69. The zero-order chi connectivity index (χ0) is 17.8. The Morgan fingerprint density at radius 3 is 2.52 bits per heavy atom. The number of carbonyl (C=O) groups excluding carboxylic acids is 1. The number of hydrogen-bond acceptors (Lipinski definition) is 4. The standard InChI is InChI=1S/C19H18FN3OS/c1-12-3-7-15(8-4-12)13(2)22-23-19-21-18(24)17(25-19)11-14-5-9-16(20)10-6-14/h3-10,17H,11H2,1-2H3,(H,21,23,24)/b22-13+. The maximum Gasteiger partial charge on any atom is 0.239 e. The third-order valence-electron chi connectivity index (χ3n) is 3.87. The van der Waals surface area contributed by atoms with Crippen molar-refractivity contribution in [2.75, 3.05) is 0 Å². The minimum atomic E-state index is -0.282. The van der Waals surface area contributed by atoms with E-state index in [1.165, 1.54) is 29.5 Å². The second-order valence-corrected chi connectivity index (χ2v) is 7.07. The molecule has 1 saturated heterocycles. The largest absolute Gasteiger partial charge is 0.303 e. The highest BCUT2D eigenvalue weighted by Crippen LogP contribution is 2.23. The van der Waals surface area contributed by atoms with E-state index in [1.54, 1.807) is 12.1 Å². The molecule has 1 unspecified atom stereocenters. The number of halogens is 1. The number of thioether (sulfide) groups is 1. The maximum atomic E-state index is 13.0. The second kappa shape index (κ2) is 7.61. The van der Waals surface area contributed by atoms with Crippen molar-refractivity contribution in [1.29, 1.82) is 0 Å². The molecular formula is C19H18FN3OS. The normalized spacial score (nSPS) is 19.3. The summed E-state index contributed by atoms with van der Waals surface area (Å²) >= 11 is 1.35. The Bertz CT molecular complexity index is 829. The van der Waals surface area contributed by atoms with Crippen LogP contribution in [-0.2, 0) is 11.2 Å². The quantitative estimate of drug-likeness (QED) is 0.672. The van der Waals surface area contributed by atoms with Crippen LogP contribution in [0.5, 0.6) is 0 Å². The van der Waals surface area contributed by atoms with Gasteiger partial charge in [-0.05, 0) is 43.5 Å². The molecule has 1 aliphatic rings. The molecule has 1 atom stereocenters. The number of rotatable bonds is 4. The van der Waals surface area contributed by atoms with E-state index in [2.05, 4.69) is 15.5 Å². The fraction of sp³-hybridized carbons (Fsp3) is 0.211. The summed E-state index contributed by atoms with van der Waals surface area (Å²) in [5.41, 5.74) is 3.87. The van der Waals surface area contributed by atoms with E-state index in [9.17, 15) is 9.18 Å². The molecule has 128 valence electrons. The van der Waals surface area contributed by atoms with Gasteiger partial charge in [-0.3, -0.25) is 4.79 Å². The number of benzene rings is 2. The van der Waals surface area contributed by atoms with Gasteiger partial charge in [-0.25, -0.2) is 4.39 Å². The molecule has 0 spiro atoms. The first-order valence-electron chi connectivity index (χ1n) is 7.92. The molecule has 0 radical (unpaired) electrons. The van der Waals surface area contributed by atoms with E-state index in [1.807, 2.05) is 38.1 Å². The first kappa shape index (κ1) is 17.4. The molecule has 0 bridgehead atoms. The van der Waals surface area contributed by atoms with Crippen LogP contribution in [0.25, 0.3) is 0 Å². The van der Waals surface area contributed by atoms with Crippen molar-refractivity contribution in [3.8, 4) is 0 Å². The lowest BCUT2D eigenvalue weighted by atomic mass is 10.1. The first-order chi connectivity index (χ1) is 12.0. The van der Waals surface area contributed by atoms with Crippen LogP contribution in [0.1, 0.15) is 23.6 Å². The summed E-state index contributed by atoms with van der Waals surface area (Å²) in [5.74, 6) is -0.383. The number of amidine groups is 1. The predicted molar refractivity (Wildman–Crippen MR) is 100 cm³/mol. The van der Waals surface area contributed by atoms with Crippen LogP contribution in [0.4, 0.5) is 4.39 Å². The zero-order valence-electron chi connectivity index (χ0n) is 14.0. The minimum absolute atomic E-state index is 0.101. The summed E-state index contributed by atoms with van der Waals surface area (Å²) in [7, 11) is 0. The highest BCUT2D eigenvalue weighted by molar-refractivity contribution is 8.15. The van der Waals surface area contributed by atoms with Crippen molar-refractivity contribution in [1.82, 2.24) is 5.32 Å². The van der Waals surface area contributed by atoms with Crippen molar-refractivity contribution in [2.24, 2.45) is 10.2 Å². The minimum Gasteiger partial charge on any atom is -0.303 e. The van der Waals surface area contributed by atoms with Gasteiger partial charge in [0.1, 0.15) is 5.82 Å². The fourth-order valence-corrected chi connectivity index (χ4v) is 3.35. The number of amides is 1. The van der Waals surface area contributed by atoms with E-state index < -0.39 is 0 Å². The molecule has 0 aliphatic carbocycles. The molecule has 0 aromatic heterocycles. The van der Waals surface area contributed by atoms with Crippen LogP contribution in [0.2, 0.25) is 0 Å². The number of hydrogen-bond donors (Lipinski definition) is 1. The van der Waals surface area contributed by atoms with E-state index in [4.69, 9.17) is 0 Å². The van der Waals surface area contributed by atoms with Crippen LogP contribution in [0.15, 0.2) is 58.7 Å². The van der Waals surface area contributed by atoms with Gasteiger partial charge in [0.15, 0.2) is 5.17 Å². The van der Waals surface area contributed by atoms with Crippen molar-refractivity contribution >= 4 is 28.5 Å². The highest BCUT2D eigenvalue weighted by atomic mass is 32.2. The van der Waals surface area contributed by atoms with Crippen LogP contribution >= 0.6 is 11.8 Å². The van der Waals surface area contributed by atoms with Crippen LogP contribution in [0, 0.1) is 12.7 Å². The molecule has 1 N–H and O–H groups in total. The molecule has 0 saturated carbocycles. The van der Waals surface area contributed by atoms with Gasteiger partial charge in [-0.2, -0.15) is 5.10 Å². The monoisotopic (exact) mass is 355 g/mol. The van der Waals surface area contributed by atoms with E-state index in [-0.39, 0.29) is 17.0 Å². The Hall–Kier alpha value is -2.47. The molecule has 1 amide bonds. The van der Waals surface area contributed by atoms with Crippen molar-refractivity contribution in [3.05, 3.63) is 71.0 Å². The molecule has 1 heterocycles. The molecule has 1 fully saturated rings. The summed E-state index contributed by atoms with van der Waals surface area (Å²) in [4.78, 5) is 12.1. The first-order valence-corrected chi connectivity index (χ1v) is 8.80. The third kappa shape index (κ3) is 4.54. The average Bonchev–Trinajstić information content (AvgIpc) is 2.95. The Balaban J connectivity index is 1.66. The van der Waals surface area contributed by atoms with Gasteiger partial charge in [0.25, 0.3) is 0 Å². The fourth-order valence-electron chi connectivity index (χ4n) is 2.39. The van der Waals surface area contributed by atoms with Crippen LogP contribution < -0.4 is 5.32 Å². The van der Waals surface area contributed by atoms with E-state index >= 15 is 0 Å². The van der Waals surface area contributed by atoms with Crippen LogP contribution in [-0.4, -0.2) is 22.0 Å². The summed E-state index contributed by atoms with van der Waals surface area (Å²) in [6, 6.07) is 14.2. The summed E-state index contributed by atoms with van der Waals surface area (Å²) in [6.45, 7) is 3.91. The molecule has 1 aliphatic heterocycles. The van der Waals surface area contributed by atoms with Gasteiger partial charge >= 0.3 is 0 Å². The molecule has 25 heavy (non-hydrogen) atoms. The van der Waals surface area contributed by atoms with Crippen molar-refractivity contribution in [2.45, 2.75) is 25.5 Å². The van der Waals surface area contributed by atoms with Gasteiger partial charge in [0, 0.05) is 0 Å². The van der Waals surface area contributed by atoms with E-state index in [0.717, 1.165) is 16.8 Å². The second-order valence-electron chi connectivity index (χ2n) is 5.88. The molecule has 6 heteroatoms. The van der Waals surface area contributed by atoms with Gasteiger partial charge in [0.05, 0.1) is 11.0 Å². The number of nitrogens with one attached hydrogen (secondary N) is 1. The van der Waals surface area contributed by atoms with E-state index in [0.29, 0.717) is 11.6 Å². The van der Waals surface area contributed by atoms with Gasteiger partial charge in [0.2, 0.25) is 5.91 Å². The van der Waals surface area contributed by atoms with Gasteiger partial charge in [-0.1, -0.05) is 53.7 Å². The Morgan fingerprint density at radius 2 is 1.84 bits per heavy atom. The van der Waals surface area contributed by atoms with Crippen molar-refractivity contribution < 1.29 is 9.18 Å². The Morgan fingerprint density at radius 1 is 1.16 bits per heavy atom. The Labute approximate surface area is 150 Å². The number of nitrogens with zero attached hydrogens (tertiary/aromatic N) is 2. The lowest BCUT2D eigenvalue weighted by Crippen LogP contribution is -2.26. The summed E-state index contributed by atoms with van der Waals surface area (Å²) in [6.07, 6.45) is 0.524. The summed E-state index contributed by atoms with van der Waals surface area (Å²) in [5, 5.41) is 11.3. The molecule has 2 aromatic carbocycles. The number of aryl methyl sites for hydroxylation is 1.